The van der Waals surface area contributed by atoms with Gasteiger partial charge in [0, 0.05) is 31.0 Å². The highest BCUT2D eigenvalue weighted by atomic mass is 16.6. The van der Waals surface area contributed by atoms with Crippen LogP contribution in [0.4, 0.5) is 0 Å². The summed E-state index contributed by atoms with van der Waals surface area (Å²) in [5, 5.41) is 11.4. The second-order valence-electron chi connectivity index (χ2n) is 9.28. The Labute approximate surface area is 221 Å². The van der Waals surface area contributed by atoms with Gasteiger partial charge in [-0.1, -0.05) is 25.5 Å². The number of Topliss-reactive ketones (excluding diaryl/α,β-unsaturated/α-hetero) is 1. The van der Waals surface area contributed by atoms with Crippen LogP contribution in [0.25, 0.3) is 5.76 Å². The number of carbonyl (C=O) groups excluding carboxylic acids is 2. The van der Waals surface area contributed by atoms with E-state index in [-0.39, 0.29) is 11.3 Å². The first-order valence-corrected chi connectivity index (χ1v) is 12.9. The summed E-state index contributed by atoms with van der Waals surface area (Å²) in [5.41, 5.74) is 1.15. The number of likely N-dealkylation sites (tertiary alicyclic amines) is 1. The summed E-state index contributed by atoms with van der Waals surface area (Å²) in [4.78, 5) is 32.2. The third-order valence-electron chi connectivity index (χ3n) is 6.69. The van der Waals surface area contributed by atoms with E-state index in [9.17, 15) is 14.7 Å². The zero-order valence-electron chi connectivity index (χ0n) is 21.3. The number of aryl methyl sites for hydroxylation is 1. The molecule has 0 unspecified atom stereocenters. The molecular weight excluding hydrogens is 486 g/mol. The van der Waals surface area contributed by atoms with Gasteiger partial charge in [-0.3, -0.25) is 9.59 Å². The van der Waals surface area contributed by atoms with Crippen molar-refractivity contribution in [2.75, 3.05) is 26.4 Å². The van der Waals surface area contributed by atoms with Crippen molar-refractivity contribution in [1.29, 1.82) is 0 Å². The van der Waals surface area contributed by atoms with Gasteiger partial charge in [0.15, 0.2) is 11.5 Å². The van der Waals surface area contributed by atoms with Crippen LogP contribution in [0.5, 0.6) is 17.2 Å². The van der Waals surface area contributed by atoms with Crippen LogP contribution in [0.1, 0.15) is 43.4 Å². The molecule has 3 heterocycles. The number of benzene rings is 2. The maximum absolute atomic E-state index is 13.3. The smallest absolute Gasteiger partial charge is 0.295 e. The first-order chi connectivity index (χ1) is 18.6. The highest BCUT2D eigenvalue weighted by molar-refractivity contribution is 6.46. The quantitative estimate of drug-likeness (QED) is 0.185. The Balaban J connectivity index is 1.48. The van der Waals surface area contributed by atoms with Crippen molar-refractivity contribution in [3.8, 4) is 17.2 Å². The van der Waals surface area contributed by atoms with Crippen LogP contribution in [-0.4, -0.2) is 57.6 Å². The summed E-state index contributed by atoms with van der Waals surface area (Å²) in [6, 6.07) is 11.6. The Bertz CT molecular complexity index is 1320. The third kappa shape index (κ3) is 5.22. The first kappa shape index (κ1) is 25.4. The Kier molecular flexibility index (Phi) is 7.62. The number of ketones is 1. The molecule has 5 rings (SSSR count). The molecule has 0 saturated carbocycles. The van der Waals surface area contributed by atoms with Gasteiger partial charge in [0.05, 0.1) is 24.5 Å². The Morgan fingerprint density at radius 2 is 1.84 bits per heavy atom. The number of unbranched alkanes of at least 4 members (excludes halogenated alkanes) is 1. The SMILES string of the molecule is CCCCOc1ccc([C@@H]2/C(=C(\O)c3ccc4c(c3)OCCO4)C(=O)C(=O)N2CCCn2ccnc2)cc1. The molecule has 3 aromatic rings. The number of carbonyl (C=O) groups is 2. The topological polar surface area (TPSA) is 103 Å². The molecule has 9 heteroatoms. The second-order valence-corrected chi connectivity index (χ2v) is 9.28. The molecule has 1 fully saturated rings. The number of fused-ring (bicyclic) bond motifs is 1. The van der Waals surface area contributed by atoms with E-state index >= 15 is 0 Å². The monoisotopic (exact) mass is 517 g/mol. The van der Waals surface area contributed by atoms with Crippen LogP contribution in [0.3, 0.4) is 0 Å². The van der Waals surface area contributed by atoms with E-state index in [0.29, 0.717) is 67.7 Å². The van der Waals surface area contributed by atoms with Gasteiger partial charge >= 0.3 is 0 Å². The summed E-state index contributed by atoms with van der Waals surface area (Å²) < 4.78 is 18.9. The van der Waals surface area contributed by atoms with Crippen molar-refractivity contribution in [1.82, 2.24) is 14.5 Å². The van der Waals surface area contributed by atoms with Crippen molar-refractivity contribution in [2.24, 2.45) is 0 Å². The number of rotatable bonds is 10. The molecule has 0 radical (unpaired) electrons. The maximum Gasteiger partial charge on any atom is 0.295 e. The molecule has 0 spiro atoms. The molecule has 1 amide bonds. The molecule has 9 nitrogen and oxygen atoms in total. The van der Waals surface area contributed by atoms with Gasteiger partial charge in [0.25, 0.3) is 11.7 Å². The van der Waals surface area contributed by atoms with Gasteiger partial charge in [0.1, 0.15) is 24.7 Å². The molecule has 0 aliphatic carbocycles. The van der Waals surface area contributed by atoms with Crippen molar-refractivity contribution >= 4 is 17.4 Å². The van der Waals surface area contributed by atoms with Crippen LogP contribution in [0.15, 0.2) is 66.8 Å². The van der Waals surface area contributed by atoms with Crippen molar-refractivity contribution in [3.05, 3.63) is 77.9 Å². The second kappa shape index (κ2) is 11.4. The van der Waals surface area contributed by atoms with E-state index in [1.165, 1.54) is 4.90 Å². The number of hydrogen-bond acceptors (Lipinski definition) is 7. The van der Waals surface area contributed by atoms with Gasteiger partial charge in [-0.2, -0.15) is 0 Å². The predicted molar refractivity (Wildman–Crippen MR) is 140 cm³/mol. The minimum Gasteiger partial charge on any atom is -0.507 e. The van der Waals surface area contributed by atoms with Crippen LogP contribution in [0.2, 0.25) is 0 Å². The summed E-state index contributed by atoms with van der Waals surface area (Å²) in [5.74, 6) is 0.177. The van der Waals surface area contributed by atoms with Crippen LogP contribution >= 0.6 is 0 Å². The number of aromatic nitrogens is 2. The predicted octanol–water partition coefficient (Wildman–Crippen LogP) is 4.35. The number of ether oxygens (including phenoxy) is 3. The lowest BCUT2D eigenvalue weighted by molar-refractivity contribution is -0.139. The van der Waals surface area contributed by atoms with Crippen molar-refractivity contribution in [3.63, 3.8) is 0 Å². The molecule has 1 N–H and O–H groups in total. The lowest BCUT2D eigenvalue weighted by Crippen LogP contribution is -2.31. The van der Waals surface area contributed by atoms with E-state index in [1.807, 2.05) is 35.0 Å². The molecule has 2 aromatic carbocycles. The largest absolute Gasteiger partial charge is 0.507 e. The minimum atomic E-state index is -0.740. The van der Waals surface area contributed by atoms with Crippen molar-refractivity contribution < 1.29 is 28.9 Å². The van der Waals surface area contributed by atoms with Crippen LogP contribution in [-0.2, 0) is 16.1 Å². The average molecular weight is 518 g/mol. The normalized spacial score (nSPS) is 18.1. The molecule has 1 saturated heterocycles. The van der Waals surface area contributed by atoms with E-state index in [2.05, 4.69) is 11.9 Å². The fourth-order valence-electron chi connectivity index (χ4n) is 4.73. The average Bonchev–Trinajstić information content (AvgIpc) is 3.55. The summed E-state index contributed by atoms with van der Waals surface area (Å²) in [6.07, 6.45) is 7.86. The third-order valence-corrected chi connectivity index (χ3v) is 6.69. The van der Waals surface area contributed by atoms with Gasteiger partial charge < -0.3 is 28.8 Å². The number of imidazole rings is 1. The lowest BCUT2D eigenvalue weighted by Gasteiger charge is -2.26. The highest BCUT2D eigenvalue weighted by Crippen LogP contribution is 2.41. The zero-order valence-corrected chi connectivity index (χ0v) is 21.3. The number of hydrogen-bond donors (Lipinski definition) is 1. The van der Waals surface area contributed by atoms with Gasteiger partial charge in [-0.15, -0.1) is 0 Å². The lowest BCUT2D eigenvalue weighted by atomic mass is 9.95. The Morgan fingerprint density at radius 1 is 1.05 bits per heavy atom. The van der Waals surface area contributed by atoms with E-state index in [1.54, 1.807) is 30.7 Å². The van der Waals surface area contributed by atoms with Gasteiger partial charge in [-0.25, -0.2) is 4.98 Å². The number of amides is 1. The van der Waals surface area contributed by atoms with Crippen molar-refractivity contribution in [2.45, 2.75) is 38.8 Å². The molecule has 2 aliphatic rings. The first-order valence-electron chi connectivity index (χ1n) is 12.9. The molecule has 0 bridgehead atoms. The Hall–Kier alpha value is -4.27. The summed E-state index contributed by atoms with van der Waals surface area (Å²) in [6.45, 7) is 4.53. The highest BCUT2D eigenvalue weighted by Gasteiger charge is 2.45. The van der Waals surface area contributed by atoms with Gasteiger partial charge in [0.2, 0.25) is 0 Å². The molecule has 2 aliphatic heterocycles. The molecule has 38 heavy (non-hydrogen) atoms. The number of nitrogens with zero attached hydrogens (tertiary/aromatic N) is 3. The van der Waals surface area contributed by atoms with Crippen LogP contribution < -0.4 is 14.2 Å². The number of aliphatic hydroxyl groups is 1. The molecule has 1 aromatic heterocycles. The standard InChI is InChI=1S/C29H31N3O6/c1-2-3-15-36-22-8-5-20(6-9-22)26-25(27(33)21-7-10-23-24(18-21)38-17-16-37-23)28(34)29(35)32(26)13-4-12-31-14-11-30-19-31/h5-11,14,18-19,26,33H,2-4,12-13,15-17H2,1H3/b27-25+/t26-/m1/s1. The van der Waals surface area contributed by atoms with E-state index in [4.69, 9.17) is 14.2 Å². The van der Waals surface area contributed by atoms with Gasteiger partial charge in [-0.05, 0) is 48.7 Å². The maximum atomic E-state index is 13.3. The molecular formula is C29H31N3O6. The Morgan fingerprint density at radius 3 is 2.58 bits per heavy atom. The molecule has 1 atom stereocenters. The fourth-order valence-corrected chi connectivity index (χ4v) is 4.73. The molecule has 198 valence electrons. The number of aliphatic hydroxyl groups excluding tert-OH is 1. The van der Waals surface area contributed by atoms with Crippen LogP contribution in [0, 0.1) is 0 Å². The summed E-state index contributed by atoms with van der Waals surface area (Å²) >= 11 is 0. The minimum absolute atomic E-state index is 0.0500. The fraction of sp³-hybridized carbons (Fsp3) is 0.345. The van der Waals surface area contributed by atoms with E-state index in [0.717, 1.165) is 12.8 Å². The van der Waals surface area contributed by atoms with E-state index < -0.39 is 17.7 Å². The zero-order chi connectivity index (χ0) is 26.5. The summed E-state index contributed by atoms with van der Waals surface area (Å²) in [7, 11) is 0.